The molecular formula is C75H88Cl2N12O29P2. The molecule has 7 aliphatic rings. The number of aliphatic carboxylic acids is 1. The van der Waals surface area contributed by atoms with Gasteiger partial charge in [0.25, 0.3) is 0 Å². The Hall–Kier alpha value is -10.6. The van der Waals surface area contributed by atoms with Crippen molar-refractivity contribution in [1.29, 1.82) is 0 Å². The lowest BCUT2D eigenvalue weighted by Crippen LogP contribution is -2.64. The van der Waals surface area contributed by atoms with Crippen LogP contribution in [-0.4, -0.2) is 231 Å². The quantitative estimate of drug-likeness (QED) is 0.0404. The van der Waals surface area contributed by atoms with E-state index < -0.39 is 318 Å². The topological polar surface area (TPSA) is 657 Å². The summed E-state index contributed by atoms with van der Waals surface area (Å²) in [5, 5.41) is 133. The molecule has 2 saturated heterocycles. The Balaban J connectivity index is 1.16. The molecule has 41 nitrogen and oxygen atoms in total. The van der Waals surface area contributed by atoms with Gasteiger partial charge in [0.05, 0.1) is 41.3 Å². The van der Waals surface area contributed by atoms with E-state index in [1.165, 1.54) is 20.8 Å². The highest BCUT2D eigenvalue weighted by atomic mass is 35.5. The van der Waals surface area contributed by atoms with Crippen molar-refractivity contribution in [2.24, 2.45) is 23.1 Å². The molecule has 0 spiro atoms. The molecule has 10 amide bonds. The zero-order valence-electron chi connectivity index (χ0n) is 64.4. The van der Waals surface area contributed by atoms with Gasteiger partial charge >= 0.3 is 5.97 Å². The number of benzene rings is 5. The Morgan fingerprint density at radius 2 is 1.31 bits per heavy atom. The molecule has 120 heavy (non-hydrogen) atoms. The summed E-state index contributed by atoms with van der Waals surface area (Å²) in [4.78, 5) is 161. The highest BCUT2D eigenvalue weighted by Crippen LogP contribution is 2.50. The number of carbonyl (C=O) groups is 11. The van der Waals surface area contributed by atoms with Crippen LogP contribution in [0.25, 0.3) is 11.1 Å². The second-order valence-electron chi connectivity index (χ2n) is 29.9. The van der Waals surface area contributed by atoms with Gasteiger partial charge in [-0.3, -0.25) is 57.1 Å². The number of carboxylic acids is 1. The molecule has 2 unspecified atom stereocenters. The lowest BCUT2D eigenvalue weighted by Gasteiger charge is -2.47. The predicted molar refractivity (Wildman–Crippen MR) is 415 cm³/mol. The zero-order valence-corrected chi connectivity index (χ0v) is 67.7. The van der Waals surface area contributed by atoms with Crippen LogP contribution < -0.4 is 73.9 Å². The molecule has 45 heteroatoms. The van der Waals surface area contributed by atoms with Gasteiger partial charge in [-0.15, -0.1) is 0 Å². The lowest BCUT2D eigenvalue weighted by molar-refractivity contribution is -0.333. The number of phenols is 3. The van der Waals surface area contributed by atoms with Crippen LogP contribution in [0.5, 0.6) is 46.0 Å². The van der Waals surface area contributed by atoms with Crippen LogP contribution >= 0.6 is 40.1 Å². The standard InChI is InChI=1S/C75H88Cl2N12O29P2/c1-26(2)15-40(89(6)71(108)27(3)81-64(101)38(78)10-14-49(95)83-74(119-111)120-112)66(103)87-55-57(96)30-8-12-43(36(76)17-30)114-45-19-32-20-46(61(45)118-73-62(60(99)59(98)47(25-90)116-73)117-50-24-75(5,80)63(100)28(4)113-50)115-44-13-9-31(18-37(44)77)58(97)56-70(107)86-54(72(109)110)35-21-33(91)22-42(93)51(35)34-16-29(7-11-41(34)92)52(67(104)88-56)85-68(105)53(32)84-65(102)39(23-48(79)94)82-69(55)106/h7-9,11-13,16-22,26-28,38-40,47,50,52-60,62-63,73-74,90-93,96-100H,10,14-15,23-25,78,80H2,1-6H3,(H2,79,94)(H,81,101)(H,82,106)(H,83,95)(H,84,102)(H,85,105)(H,86,107)(H,87,103)(H,88,104)(H,109,110)/t27?,28-,38?,39-,40+,47+,50-,52+,53+,54-,55+,56-,57+,58+,59+,60-,62+,63+,73-,75-/m0/s1. The van der Waals surface area contributed by atoms with Crippen LogP contribution in [0.3, 0.4) is 0 Å². The van der Waals surface area contributed by atoms with Crippen molar-refractivity contribution in [3.8, 4) is 57.1 Å². The van der Waals surface area contributed by atoms with E-state index in [1.807, 2.05) is 0 Å². The number of nitrogens with two attached hydrogens (primary N) is 3. The number of nitrogens with one attached hydrogen (secondary N) is 8. The van der Waals surface area contributed by atoms with E-state index >= 15 is 24.0 Å². The molecule has 20 atom stereocenters. The highest BCUT2D eigenvalue weighted by Gasteiger charge is 2.52. The molecule has 2 fully saturated rings. The molecule has 0 aliphatic carbocycles. The number of ether oxygens (including phenoxy) is 6. The third-order valence-corrected chi connectivity index (χ3v) is 22.3. The summed E-state index contributed by atoms with van der Waals surface area (Å²) in [6, 6.07) is -5.69. The Labute approximate surface area is 694 Å². The fraction of sp³-hybridized carbons (Fsp3) is 0.453. The molecule has 12 rings (SSSR count). The average molecular weight is 1750 g/mol. The summed E-state index contributed by atoms with van der Waals surface area (Å²) in [5.74, 6) is -20.5. The van der Waals surface area contributed by atoms with Crippen molar-refractivity contribution in [1.82, 2.24) is 47.4 Å². The molecule has 0 saturated carbocycles. The maximum Gasteiger partial charge on any atom is 0.330 e. The Bertz CT molecular complexity index is 4840. The molecule has 24 N–H and O–H groups in total. The third kappa shape index (κ3) is 20.7. The van der Waals surface area contributed by atoms with E-state index in [2.05, 4.69) is 42.5 Å². The van der Waals surface area contributed by atoms with Crippen LogP contribution in [0, 0.1) is 5.92 Å². The first-order valence-electron chi connectivity index (χ1n) is 37.1. The predicted octanol–water partition coefficient (Wildman–Crippen LogP) is -0.0594. The normalized spacial score (nSPS) is 27.4. The number of hydrogen-bond acceptors (Lipinski definition) is 30. The van der Waals surface area contributed by atoms with Gasteiger partial charge in [0.2, 0.25) is 71.1 Å². The monoisotopic (exact) mass is 1750 g/mol. The Morgan fingerprint density at radius 3 is 1.89 bits per heavy atom. The summed E-state index contributed by atoms with van der Waals surface area (Å²) in [6.07, 6.45) is -20.7. The van der Waals surface area contributed by atoms with Crippen molar-refractivity contribution in [3.63, 3.8) is 0 Å². The largest absolute Gasteiger partial charge is 0.508 e. The number of carbonyl (C=O) groups excluding carboxylic acids is 10. The molecule has 11 bridgehead atoms. The van der Waals surface area contributed by atoms with Gasteiger partial charge in [-0.1, -0.05) is 55.2 Å². The first-order chi connectivity index (χ1) is 56.5. The lowest BCUT2D eigenvalue weighted by atomic mass is 9.86. The second-order valence-corrected chi connectivity index (χ2v) is 32.5. The summed E-state index contributed by atoms with van der Waals surface area (Å²) in [7, 11) is -0.160. The number of carboxylic acid groups (broad SMARTS) is 1. The minimum atomic E-state index is -2.46. The third-order valence-electron chi connectivity index (χ3n) is 20.5. The number of likely N-dealkylation sites (N-methyl/N-ethyl adjacent to an activating group) is 1. The molecule has 646 valence electrons. The molecule has 5 aromatic carbocycles. The van der Waals surface area contributed by atoms with E-state index in [-0.39, 0.29) is 30.4 Å². The number of phenolic OH excluding ortho intramolecular Hbond substituents is 3. The van der Waals surface area contributed by atoms with Gasteiger partial charge in [0.15, 0.2) is 52.4 Å². The molecule has 7 heterocycles. The van der Waals surface area contributed by atoms with Crippen molar-refractivity contribution in [3.05, 3.63) is 117 Å². The number of aliphatic hydroxyl groups is 6. The summed E-state index contributed by atoms with van der Waals surface area (Å²) < 4.78 is 60.8. The van der Waals surface area contributed by atoms with Gasteiger partial charge in [-0.2, -0.15) is 0 Å². The van der Waals surface area contributed by atoms with E-state index in [4.69, 9.17) is 68.8 Å². The number of hydrogen-bond donors (Lipinski definition) is 21. The van der Waals surface area contributed by atoms with Gasteiger partial charge in [0.1, 0.15) is 102 Å². The van der Waals surface area contributed by atoms with E-state index in [0.29, 0.717) is 0 Å². The SMILES string of the molecule is CC(C)C[C@H](C(=O)N[C@H]1C(=O)N[C@@H](CC(N)=O)C(=O)N[C@H]2C(=O)N[C@H]3C(=O)N[C@H](C(=O)N[C@H](C(=O)O)c4cc(O)cc(O)c4-c4cc3ccc4O)[C@H](O)c3ccc(c(Cl)c3)Oc3cc2cc(c3O[C@@H]2O[C@H](CO)[C@@H](O)[C@H](O)[C@H]2O[C@H]2C[C@](C)(N)[C@H](O)[C@H](C)O2)Oc2ccc(cc2Cl)[C@H]1O)N(C)C(=O)C(C)NC(=O)C(N)CCC(=O)NC(P=O)P=O. The highest BCUT2D eigenvalue weighted by molar-refractivity contribution is 7.44. The van der Waals surface area contributed by atoms with Gasteiger partial charge in [-0.25, -0.2) is 4.79 Å². The van der Waals surface area contributed by atoms with Crippen LogP contribution in [0.1, 0.15) is 125 Å². The maximum atomic E-state index is 16.2. The number of nitrogens with zero attached hydrogens (tertiary/aromatic N) is 1. The van der Waals surface area contributed by atoms with E-state index in [9.17, 15) is 89.0 Å². The van der Waals surface area contributed by atoms with Crippen LogP contribution in [0.2, 0.25) is 10.0 Å². The molecule has 0 radical (unpaired) electrons. The summed E-state index contributed by atoms with van der Waals surface area (Å²) in [6.45, 7) is 6.45. The molecular weight excluding hydrogens is 1670 g/mol. The Morgan fingerprint density at radius 1 is 0.708 bits per heavy atom. The van der Waals surface area contributed by atoms with Gasteiger partial charge < -0.3 is 144 Å². The number of aliphatic hydroxyl groups excluding tert-OH is 6. The van der Waals surface area contributed by atoms with Crippen LogP contribution in [0.4, 0.5) is 0 Å². The number of rotatable bonds is 22. The Kier molecular flexibility index (Phi) is 29.4. The van der Waals surface area contributed by atoms with Gasteiger partial charge in [0, 0.05) is 48.2 Å². The van der Waals surface area contributed by atoms with Crippen molar-refractivity contribution in [2.45, 2.75) is 194 Å². The average Bonchev–Trinajstić information content (AvgIpc) is 0.763. The second kappa shape index (κ2) is 38.4. The summed E-state index contributed by atoms with van der Waals surface area (Å²) >= 11 is 14.2. The van der Waals surface area contributed by atoms with Crippen molar-refractivity contribution in [2.75, 3.05) is 13.7 Å². The molecule has 0 aromatic heterocycles. The fourth-order valence-corrected chi connectivity index (χ4v) is 15.1. The molecule has 5 aromatic rings. The first kappa shape index (κ1) is 91.7. The smallest absolute Gasteiger partial charge is 0.330 e. The van der Waals surface area contributed by atoms with Crippen molar-refractivity contribution < 1.29 is 141 Å². The minimum Gasteiger partial charge on any atom is -0.508 e. The summed E-state index contributed by atoms with van der Waals surface area (Å²) in [5.41, 5.74) is 12.4. The van der Waals surface area contributed by atoms with E-state index in [0.717, 1.165) is 90.8 Å². The number of aromatic hydroxyl groups is 3. The number of fused-ring (bicyclic) bond motifs is 15. The van der Waals surface area contributed by atoms with Crippen LogP contribution in [0.15, 0.2) is 78.9 Å². The first-order valence-corrected chi connectivity index (χ1v) is 39.6. The molecule has 7 aliphatic heterocycles. The number of halogens is 2. The minimum absolute atomic E-state index is 0.213. The maximum absolute atomic E-state index is 16.2. The number of amides is 10. The fourth-order valence-electron chi connectivity index (χ4n) is 14.1. The zero-order chi connectivity index (χ0) is 88.1. The van der Waals surface area contributed by atoms with Crippen molar-refractivity contribution >= 4 is 105 Å². The van der Waals surface area contributed by atoms with E-state index in [1.54, 1.807) is 13.8 Å². The van der Waals surface area contributed by atoms with Gasteiger partial charge in [-0.05, 0) is 116 Å². The van der Waals surface area contributed by atoms with Crippen LogP contribution in [-0.2, 0) is 76.1 Å². The number of primary amides is 1.